The predicted molar refractivity (Wildman–Crippen MR) is 77.2 cm³/mol. The Morgan fingerprint density at radius 3 is 1.82 bits per heavy atom. The van der Waals surface area contributed by atoms with Gasteiger partial charge in [0.05, 0.1) is 0 Å². The van der Waals surface area contributed by atoms with Crippen LogP contribution in [-0.2, 0) is 0 Å². The van der Waals surface area contributed by atoms with Crippen LogP contribution in [0.3, 0.4) is 0 Å². The van der Waals surface area contributed by atoms with E-state index in [0.717, 1.165) is 6.42 Å². The first kappa shape index (κ1) is 16.4. The molecule has 0 aromatic heterocycles. The summed E-state index contributed by atoms with van der Waals surface area (Å²) in [6, 6.07) is 0. The smallest absolute Gasteiger partial charge is 0.0431 e. The lowest BCUT2D eigenvalue weighted by molar-refractivity contribution is 0.282. The monoisotopic (exact) mass is 238 g/mol. The summed E-state index contributed by atoms with van der Waals surface area (Å²) >= 11 is 0. The number of aliphatic hydroxyl groups is 1. The van der Waals surface area contributed by atoms with E-state index >= 15 is 0 Å². The fourth-order valence-electron chi connectivity index (χ4n) is 1.75. The number of hydrogen-bond donors (Lipinski definition) is 1. The van der Waals surface area contributed by atoms with Gasteiger partial charge in [0.1, 0.15) is 0 Å². The Kier molecular flexibility index (Phi) is 14.9. The molecular weight excluding hydrogens is 208 g/mol. The highest BCUT2D eigenvalue weighted by Crippen LogP contribution is 2.07. The third-order valence-corrected chi connectivity index (χ3v) is 2.89. The van der Waals surface area contributed by atoms with Gasteiger partial charge in [-0.15, -0.1) is 0 Å². The zero-order valence-corrected chi connectivity index (χ0v) is 11.5. The maximum Gasteiger partial charge on any atom is 0.0431 e. The lowest BCUT2D eigenvalue weighted by Gasteiger charge is -1.98. The Bertz CT molecular complexity index is 182. The molecule has 0 radical (unpaired) electrons. The van der Waals surface area contributed by atoms with Gasteiger partial charge in [0.2, 0.25) is 0 Å². The highest BCUT2D eigenvalue weighted by Gasteiger charge is 1.89. The van der Waals surface area contributed by atoms with Gasteiger partial charge >= 0.3 is 0 Å². The highest BCUT2D eigenvalue weighted by molar-refractivity contribution is 5.02. The number of unbranched alkanes of at least 4 members (excludes halogenated alkanes) is 8. The summed E-state index contributed by atoms with van der Waals surface area (Å²) in [5.41, 5.74) is 0. The first-order valence-electron chi connectivity index (χ1n) is 7.34. The molecule has 0 aromatic rings. The van der Waals surface area contributed by atoms with Crippen LogP contribution in [0.2, 0.25) is 0 Å². The molecule has 1 nitrogen and oxygen atoms in total. The maximum absolute atomic E-state index is 8.63. The Hall–Kier alpha value is -0.560. The fourth-order valence-corrected chi connectivity index (χ4v) is 1.75. The molecule has 0 spiro atoms. The zero-order chi connectivity index (χ0) is 12.6. The van der Waals surface area contributed by atoms with Gasteiger partial charge in [0.15, 0.2) is 0 Å². The maximum atomic E-state index is 8.63. The number of rotatable bonds is 12. The second-order valence-corrected chi connectivity index (χ2v) is 4.63. The lowest BCUT2D eigenvalue weighted by atomic mass is 10.1. The third-order valence-electron chi connectivity index (χ3n) is 2.89. The van der Waals surface area contributed by atoms with E-state index in [2.05, 4.69) is 31.2 Å². The summed E-state index contributed by atoms with van der Waals surface area (Å²) in [5, 5.41) is 8.63. The van der Waals surface area contributed by atoms with Gasteiger partial charge in [-0.25, -0.2) is 0 Å². The first-order valence-corrected chi connectivity index (χ1v) is 7.34. The molecule has 0 saturated heterocycles. The molecule has 0 atom stereocenters. The predicted octanol–water partition coefficient (Wildman–Crippen LogP) is 5.01. The summed E-state index contributed by atoms with van der Waals surface area (Å²) in [5.74, 6) is 0. The average molecular weight is 238 g/mol. The highest BCUT2D eigenvalue weighted by atomic mass is 16.2. The van der Waals surface area contributed by atoms with Gasteiger partial charge in [-0.3, -0.25) is 0 Å². The Labute approximate surface area is 108 Å². The normalized spacial score (nSPS) is 11.9. The zero-order valence-electron chi connectivity index (χ0n) is 11.5. The summed E-state index contributed by atoms with van der Waals surface area (Å²) in [7, 11) is 0. The van der Waals surface area contributed by atoms with Crippen molar-refractivity contribution < 1.29 is 5.11 Å². The molecule has 0 unspecified atom stereocenters. The molecule has 17 heavy (non-hydrogen) atoms. The molecule has 0 fully saturated rings. The molecule has 0 heterocycles. The summed E-state index contributed by atoms with van der Waals surface area (Å²) in [6.45, 7) is 2.58. The van der Waals surface area contributed by atoms with E-state index in [1.165, 1.54) is 57.8 Å². The molecule has 1 N–H and O–H groups in total. The van der Waals surface area contributed by atoms with Crippen molar-refractivity contribution in [2.75, 3.05) is 6.61 Å². The molecule has 100 valence electrons. The topological polar surface area (TPSA) is 20.2 Å². The first-order chi connectivity index (χ1) is 8.41. The van der Waals surface area contributed by atoms with Crippen LogP contribution in [0.15, 0.2) is 24.3 Å². The molecule has 0 bridgehead atoms. The molecule has 0 rings (SSSR count). The quantitative estimate of drug-likeness (QED) is 0.374. The molecule has 0 amide bonds. The minimum absolute atomic E-state index is 0.354. The van der Waals surface area contributed by atoms with Gasteiger partial charge < -0.3 is 5.11 Å². The minimum Gasteiger partial charge on any atom is -0.396 e. The van der Waals surface area contributed by atoms with Gasteiger partial charge in [-0.1, -0.05) is 69.8 Å². The minimum atomic E-state index is 0.354. The second-order valence-electron chi connectivity index (χ2n) is 4.63. The van der Waals surface area contributed by atoms with Gasteiger partial charge in [-0.2, -0.15) is 0 Å². The molecule has 0 aliphatic carbocycles. The van der Waals surface area contributed by atoms with Crippen LogP contribution >= 0.6 is 0 Å². The fraction of sp³-hybridized carbons (Fsp3) is 0.750. The number of allylic oxidation sites excluding steroid dienone is 4. The van der Waals surface area contributed by atoms with Crippen molar-refractivity contribution >= 4 is 0 Å². The standard InChI is InChI=1S/C16H30O/c1-2-3-4-5-6-7-8-9-10-11-12-13-14-15-16-17/h5-8,17H,2-4,9-16H2,1H3/b6-5+,8-7+. The lowest BCUT2D eigenvalue weighted by Crippen LogP contribution is -1.83. The van der Waals surface area contributed by atoms with Crippen molar-refractivity contribution in [3.63, 3.8) is 0 Å². The SMILES string of the molecule is CCCC/C=C/C=C/CCCCCCCCO. The number of aliphatic hydroxyl groups excluding tert-OH is 1. The third kappa shape index (κ3) is 15.4. The van der Waals surface area contributed by atoms with E-state index in [1.54, 1.807) is 0 Å². The molecule has 0 aromatic carbocycles. The molecule has 0 aliphatic heterocycles. The van der Waals surface area contributed by atoms with Crippen molar-refractivity contribution in [2.24, 2.45) is 0 Å². The second kappa shape index (κ2) is 15.4. The summed E-state index contributed by atoms with van der Waals surface area (Å²) in [4.78, 5) is 0. The average Bonchev–Trinajstić information content (AvgIpc) is 2.35. The van der Waals surface area contributed by atoms with E-state index in [9.17, 15) is 0 Å². The van der Waals surface area contributed by atoms with Gasteiger partial charge in [0, 0.05) is 6.61 Å². The van der Waals surface area contributed by atoms with E-state index in [4.69, 9.17) is 5.11 Å². The van der Waals surface area contributed by atoms with Crippen molar-refractivity contribution in [1.29, 1.82) is 0 Å². The molecule has 0 saturated carbocycles. The van der Waals surface area contributed by atoms with E-state index in [1.807, 2.05) is 0 Å². The van der Waals surface area contributed by atoms with Crippen LogP contribution in [0.1, 0.15) is 71.1 Å². The van der Waals surface area contributed by atoms with Crippen LogP contribution in [0.4, 0.5) is 0 Å². The van der Waals surface area contributed by atoms with Crippen molar-refractivity contribution in [1.82, 2.24) is 0 Å². The van der Waals surface area contributed by atoms with Crippen LogP contribution in [0, 0.1) is 0 Å². The van der Waals surface area contributed by atoms with E-state index in [0.29, 0.717) is 6.61 Å². The largest absolute Gasteiger partial charge is 0.396 e. The van der Waals surface area contributed by atoms with Crippen molar-refractivity contribution in [3.8, 4) is 0 Å². The Morgan fingerprint density at radius 1 is 0.706 bits per heavy atom. The Balaban J connectivity index is 3.11. The summed E-state index contributed by atoms with van der Waals surface area (Å²) < 4.78 is 0. The van der Waals surface area contributed by atoms with Crippen molar-refractivity contribution in [2.45, 2.75) is 71.1 Å². The molecular formula is C16H30O. The number of hydrogen-bond acceptors (Lipinski definition) is 1. The molecule has 0 aliphatic rings. The van der Waals surface area contributed by atoms with E-state index in [-0.39, 0.29) is 0 Å². The van der Waals surface area contributed by atoms with Crippen LogP contribution < -0.4 is 0 Å². The Morgan fingerprint density at radius 2 is 1.24 bits per heavy atom. The van der Waals surface area contributed by atoms with Crippen LogP contribution in [0.25, 0.3) is 0 Å². The van der Waals surface area contributed by atoms with Crippen LogP contribution in [0.5, 0.6) is 0 Å². The molecule has 1 heteroatoms. The van der Waals surface area contributed by atoms with E-state index < -0.39 is 0 Å². The van der Waals surface area contributed by atoms with Gasteiger partial charge in [-0.05, 0) is 25.7 Å². The summed E-state index contributed by atoms with van der Waals surface area (Å²) in [6.07, 6.45) is 21.3. The van der Waals surface area contributed by atoms with Gasteiger partial charge in [0.25, 0.3) is 0 Å². The van der Waals surface area contributed by atoms with Crippen LogP contribution in [-0.4, -0.2) is 11.7 Å². The van der Waals surface area contributed by atoms with Crippen molar-refractivity contribution in [3.05, 3.63) is 24.3 Å².